The summed E-state index contributed by atoms with van der Waals surface area (Å²) < 4.78 is 0. The van der Waals surface area contributed by atoms with E-state index in [4.69, 9.17) is 11.6 Å². The van der Waals surface area contributed by atoms with E-state index in [0.717, 1.165) is 11.3 Å². The normalized spacial score (nSPS) is 19.2. The molecule has 0 unspecified atom stereocenters. The number of benzene rings is 1. The molecule has 0 N–H and O–H groups in total. The number of carbonyl (C=O) groups excluding carboxylic acids is 2. The third-order valence-electron chi connectivity index (χ3n) is 4.11. The summed E-state index contributed by atoms with van der Waals surface area (Å²) in [7, 11) is 0. The number of hydrogen-bond acceptors (Lipinski definition) is 2. The predicted octanol–water partition coefficient (Wildman–Crippen LogP) is 3.65. The van der Waals surface area contributed by atoms with Crippen molar-refractivity contribution in [2.24, 2.45) is 5.41 Å². The number of nitrogens with zero attached hydrogens (tertiary/aromatic N) is 2. The summed E-state index contributed by atoms with van der Waals surface area (Å²) in [6.45, 7) is 10.9. The Hall–Kier alpha value is -1.55. The van der Waals surface area contributed by atoms with Gasteiger partial charge in [0.2, 0.25) is 11.8 Å². The van der Waals surface area contributed by atoms with Crippen molar-refractivity contribution in [2.45, 2.75) is 47.1 Å². The van der Waals surface area contributed by atoms with Crippen molar-refractivity contribution in [3.05, 3.63) is 28.8 Å². The van der Waals surface area contributed by atoms with Crippen molar-refractivity contribution in [1.29, 1.82) is 0 Å². The lowest BCUT2D eigenvalue weighted by Crippen LogP contribution is -2.58. The lowest BCUT2D eigenvalue weighted by atomic mass is 9.91. The Labute approximate surface area is 143 Å². The zero-order chi connectivity index (χ0) is 17.4. The molecule has 1 aliphatic heterocycles. The van der Waals surface area contributed by atoms with Crippen molar-refractivity contribution >= 4 is 29.1 Å². The highest BCUT2D eigenvalue weighted by atomic mass is 35.5. The van der Waals surface area contributed by atoms with E-state index in [2.05, 4.69) is 0 Å². The van der Waals surface area contributed by atoms with Gasteiger partial charge in [0, 0.05) is 30.2 Å². The first-order valence-corrected chi connectivity index (χ1v) is 8.35. The van der Waals surface area contributed by atoms with Gasteiger partial charge in [0.15, 0.2) is 0 Å². The Kier molecular flexibility index (Phi) is 5.04. The third kappa shape index (κ3) is 4.05. The van der Waals surface area contributed by atoms with Gasteiger partial charge in [0.1, 0.15) is 6.04 Å². The predicted molar refractivity (Wildman–Crippen MR) is 93.8 cm³/mol. The molecule has 4 nitrogen and oxygen atoms in total. The van der Waals surface area contributed by atoms with Crippen LogP contribution in [-0.4, -0.2) is 35.8 Å². The van der Waals surface area contributed by atoms with E-state index >= 15 is 0 Å². The molecule has 1 saturated heterocycles. The maximum atomic E-state index is 12.7. The van der Waals surface area contributed by atoms with E-state index in [9.17, 15) is 9.59 Å². The first-order chi connectivity index (χ1) is 10.6. The van der Waals surface area contributed by atoms with E-state index in [1.165, 1.54) is 0 Å². The summed E-state index contributed by atoms with van der Waals surface area (Å²) in [5.41, 5.74) is 1.76. The first-order valence-electron chi connectivity index (χ1n) is 7.97. The van der Waals surface area contributed by atoms with Crippen LogP contribution < -0.4 is 4.90 Å². The fourth-order valence-corrected chi connectivity index (χ4v) is 3.15. The molecule has 0 bridgehead atoms. The summed E-state index contributed by atoms with van der Waals surface area (Å²) in [5.74, 6) is 0.00904. The highest BCUT2D eigenvalue weighted by molar-refractivity contribution is 6.30. The Morgan fingerprint density at radius 2 is 1.96 bits per heavy atom. The summed E-state index contributed by atoms with van der Waals surface area (Å²) in [6, 6.07) is 5.08. The van der Waals surface area contributed by atoms with Gasteiger partial charge in [-0.1, -0.05) is 32.4 Å². The van der Waals surface area contributed by atoms with E-state index in [-0.39, 0.29) is 17.2 Å². The van der Waals surface area contributed by atoms with Crippen molar-refractivity contribution in [2.75, 3.05) is 18.0 Å². The fourth-order valence-electron chi connectivity index (χ4n) is 2.93. The number of hydrogen-bond donors (Lipinski definition) is 0. The molecule has 1 aromatic rings. The van der Waals surface area contributed by atoms with Gasteiger partial charge < -0.3 is 9.80 Å². The van der Waals surface area contributed by atoms with Gasteiger partial charge in [-0.25, -0.2) is 0 Å². The average molecular weight is 337 g/mol. The molecule has 1 fully saturated rings. The van der Waals surface area contributed by atoms with Gasteiger partial charge in [-0.15, -0.1) is 0 Å². The second-order valence-electron chi connectivity index (χ2n) is 7.42. The van der Waals surface area contributed by atoms with Crippen LogP contribution in [0.5, 0.6) is 0 Å². The van der Waals surface area contributed by atoms with Crippen molar-refractivity contribution in [3.8, 4) is 0 Å². The Balaban J connectivity index is 2.17. The molecular formula is C18H25ClN2O2. The Morgan fingerprint density at radius 1 is 1.30 bits per heavy atom. The number of halogens is 1. The fraction of sp³-hybridized carbons (Fsp3) is 0.556. The molecule has 1 aromatic carbocycles. The molecule has 1 atom stereocenters. The summed E-state index contributed by atoms with van der Waals surface area (Å²) in [4.78, 5) is 28.7. The average Bonchev–Trinajstić information content (AvgIpc) is 2.40. The summed E-state index contributed by atoms with van der Waals surface area (Å²) in [6.07, 6.45) is 0.449. The molecule has 0 aliphatic carbocycles. The molecule has 5 heteroatoms. The Bertz CT molecular complexity index is 622. The summed E-state index contributed by atoms with van der Waals surface area (Å²) >= 11 is 5.99. The van der Waals surface area contributed by atoms with Crippen LogP contribution in [0.1, 0.15) is 39.7 Å². The number of rotatable bonds is 2. The van der Waals surface area contributed by atoms with Crippen molar-refractivity contribution in [3.63, 3.8) is 0 Å². The molecule has 126 valence electrons. The minimum Gasteiger partial charge on any atom is -0.329 e. The van der Waals surface area contributed by atoms with Gasteiger partial charge in [-0.2, -0.15) is 0 Å². The van der Waals surface area contributed by atoms with Crippen LogP contribution >= 0.6 is 11.6 Å². The van der Waals surface area contributed by atoms with Crippen LogP contribution in [-0.2, 0) is 9.59 Å². The summed E-state index contributed by atoms with van der Waals surface area (Å²) in [5, 5.41) is 0.658. The molecule has 1 aliphatic rings. The van der Waals surface area contributed by atoms with Crippen LogP contribution in [0.4, 0.5) is 5.69 Å². The molecule has 0 saturated carbocycles. The van der Waals surface area contributed by atoms with Crippen LogP contribution in [0.3, 0.4) is 0 Å². The number of carbonyl (C=O) groups is 2. The zero-order valence-corrected chi connectivity index (χ0v) is 15.3. The standard InChI is InChI=1S/C18H25ClN2O2/c1-12-10-14(19)6-7-15(12)21-9-8-20(13(2)17(21)23)16(22)11-18(3,4)5/h6-7,10,13H,8-9,11H2,1-5H3/t13-/m0/s1. The molecule has 23 heavy (non-hydrogen) atoms. The highest BCUT2D eigenvalue weighted by Crippen LogP contribution is 2.28. The second-order valence-corrected chi connectivity index (χ2v) is 7.86. The number of piperazine rings is 1. The Morgan fingerprint density at radius 3 is 2.52 bits per heavy atom. The van der Waals surface area contributed by atoms with E-state index < -0.39 is 6.04 Å². The molecular weight excluding hydrogens is 312 g/mol. The third-order valence-corrected chi connectivity index (χ3v) is 4.34. The lowest BCUT2D eigenvalue weighted by Gasteiger charge is -2.40. The molecule has 0 aromatic heterocycles. The van der Waals surface area contributed by atoms with Crippen molar-refractivity contribution in [1.82, 2.24) is 4.90 Å². The van der Waals surface area contributed by atoms with Gasteiger partial charge in [-0.3, -0.25) is 9.59 Å². The molecule has 2 rings (SSSR count). The van der Waals surface area contributed by atoms with Crippen molar-refractivity contribution < 1.29 is 9.59 Å². The maximum Gasteiger partial charge on any atom is 0.249 e. The van der Waals surface area contributed by atoms with Crippen LogP contribution in [0.25, 0.3) is 0 Å². The number of aryl methyl sites for hydroxylation is 1. The van der Waals surface area contributed by atoms with E-state index in [1.54, 1.807) is 22.8 Å². The minimum absolute atomic E-state index is 0.0380. The monoisotopic (exact) mass is 336 g/mol. The lowest BCUT2D eigenvalue weighted by molar-refractivity contribution is -0.142. The topological polar surface area (TPSA) is 40.6 Å². The number of anilines is 1. The van der Waals surface area contributed by atoms with Crippen LogP contribution in [0.15, 0.2) is 18.2 Å². The highest BCUT2D eigenvalue weighted by Gasteiger charge is 2.36. The van der Waals surface area contributed by atoms with Gasteiger partial charge in [0.05, 0.1) is 0 Å². The van der Waals surface area contributed by atoms with Gasteiger partial charge >= 0.3 is 0 Å². The minimum atomic E-state index is -0.436. The first kappa shape index (κ1) is 17.8. The van der Waals surface area contributed by atoms with Crippen LogP contribution in [0.2, 0.25) is 5.02 Å². The smallest absolute Gasteiger partial charge is 0.249 e. The zero-order valence-electron chi connectivity index (χ0n) is 14.5. The van der Waals surface area contributed by atoms with Gasteiger partial charge in [0.25, 0.3) is 0 Å². The maximum absolute atomic E-state index is 12.7. The van der Waals surface area contributed by atoms with Gasteiger partial charge in [-0.05, 0) is 43.0 Å². The molecule has 0 radical (unpaired) electrons. The molecule has 2 amide bonds. The largest absolute Gasteiger partial charge is 0.329 e. The molecule has 1 heterocycles. The van der Waals surface area contributed by atoms with E-state index in [0.29, 0.717) is 24.5 Å². The number of amides is 2. The van der Waals surface area contributed by atoms with E-state index in [1.807, 2.05) is 39.8 Å². The second kappa shape index (κ2) is 6.52. The quantitative estimate of drug-likeness (QED) is 0.827. The SMILES string of the molecule is Cc1cc(Cl)ccc1N1CCN(C(=O)CC(C)(C)C)[C@@H](C)C1=O. The van der Waals surface area contributed by atoms with Crippen LogP contribution in [0, 0.1) is 12.3 Å². The molecule has 0 spiro atoms.